The first kappa shape index (κ1) is 17.7. The van der Waals surface area contributed by atoms with E-state index in [4.69, 9.17) is 0 Å². The molecule has 25 heavy (non-hydrogen) atoms. The average molecular weight is 369 g/mol. The van der Waals surface area contributed by atoms with Gasteiger partial charge in [0.05, 0.1) is 18.2 Å². The molecule has 1 aliphatic heterocycles. The van der Waals surface area contributed by atoms with Crippen molar-refractivity contribution >= 4 is 17.2 Å². The van der Waals surface area contributed by atoms with Crippen molar-refractivity contribution in [2.45, 2.75) is 31.9 Å². The molecule has 0 bridgehead atoms. The maximum Gasteiger partial charge on any atom is 0.392 e. The number of amides is 1. The second-order valence-electron chi connectivity index (χ2n) is 6.01. The summed E-state index contributed by atoms with van der Waals surface area (Å²) < 4.78 is 37.0. The number of H-pyrrole nitrogens is 1. The molecule has 0 saturated carbocycles. The molecule has 1 N–H and O–H groups in total. The zero-order valence-corrected chi connectivity index (χ0v) is 14.3. The Labute approximate surface area is 147 Å². The van der Waals surface area contributed by atoms with Crippen LogP contribution in [0.4, 0.5) is 13.2 Å². The fourth-order valence-electron chi connectivity index (χ4n) is 2.85. The van der Waals surface area contributed by atoms with E-state index in [2.05, 4.69) is 10.2 Å². The smallest absolute Gasteiger partial charge is 0.338 e. The van der Waals surface area contributed by atoms with Crippen molar-refractivity contribution in [3.05, 3.63) is 41.1 Å². The average Bonchev–Trinajstić information content (AvgIpc) is 3.19. The molecule has 1 saturated heterocycles. The zero-order chi connectivity index (χ0) is 17.9. The van der Waals surface area contributed by atoms with Crippen LogP contribution < -0.4 is 0 Å². The molecule has 0 unspecified atom stereocenters. The minimum absolute atomic E-state index is 0.0666. The molecular weight excluding hydrogens is 351 g/mol. The molecule has 2 aromatic rings. The minimum atomic E-state index is -4.17. The van der Waals surface area contributed by atoms with Crippen LogP contribution in [0.3, 0.4) is 0 Å². The third-order valence-electron chi connectivity index (χ3n) is 4.17. The Morgan fingerprint density at radius 2 is 2.20 bits per heavy atom. The van der Waals surface area contributed by atoms with E-state index in [-0.39, 0.29) is 5.91 Å². The van der Waals surface area contributed by atoms with Gasteiger partial charge in [-0.15, -0.1) is 11.3 Å². The molecule has 3 heterocycles. The number of aromatic amines is 1. The number of thiophene rings is 1. The van der Waals surface area contributed by atoms with Gasteiger partial charge in [-0.1, -0.05) is 11.6 Å². The van der Waals surface area contributed by atoms with Crippen LogP contribution in [-0.4, -0.2) is 40.3 Å². The summed E-state index contributed by atoms with van der Waals surface area (Å²) in [5.74, 6) is -0.0666. The van der Waals surface area contributed by atoms with Crippen LogP contribution >= 0.6 is 11.3 Å². The summed E-state index contributed by atoms with van der Waals surface area (Å²) in [5, 5.41) is 8.45. The molecule has 4 nitrogen and oxygen atoms in total. The molecule has 0 atom stereocenters. The van der Waals surface area contributed by atoms with Crippen LogP contribution in [0.1, 0.15) is 36.0 Å². The molecule has 1 fully saturated rings. The first-order chi connectivity index (χ1) is 11.9. The predicted molar refractivity (Wildman–Crippen MR) is 90.4 cm³/mol. The summed E-state index contributed by atoms with van der Waals surface area (Å²) in [5.41, 5.74) is 2.33. The van der Waals surface area contributed by atoms with Gasteiger partial charge in [-0.25, -0.2) is 0 Å². The van der Waals surface area contributed by atoms with Crippen LogP contribution in [0, 0.1) is 0 Å². The molecule has 0 radical (unpaired) electrons. The van der Waals surface area contributed by atoms with E-state index >= 15 is 0 Å². The van der Waals surface area contributed by atoms with Crippen LogP contribution in [-0.2, 0) is 0 Å². The Bertz CT molecular complexity index is 750. The van der Waals surface area contributed by atoms with Crippen molar-refractivity contribution in [3.8, 4) is 10.4 Å². The molecule has 0 aromatic carbocycles. The van der Waals surface area contributed by atoms with Crippen molar-refractivity contribution < 1.29 is 18.0 Å². The summed E-state index contributed by atoms with van der Waals surface area (Å²) in [6.07, 6.45) is 1.48. The van der Waals surface area contributed by atoms with E-state index in [1.54, 1.807) is 17.3 Å². The quantitative estimate of drug-likeness (QED) is 0.801. The number of carbonyl (C=O) groups excluding carboxylic acids is 1. The molecule has 0 spiro atoms. The van der Waals surface area contributed by atoms with E-state index in [1.807, 2.05) is 11.4 Å². The molecule has 2 aromatic heterocycles. The first-order valence-electron chi connectivity index (χ1n) is 8.04. The van der Waals surface area contributed by atoms with Crippen molar-refractivity contribution in [1.82, 2.24) is 15.1 Å². The van der Waals surface area contributed by atoms with Crippen molar-refractivity contribution in [2.24, 2.45) is 0 Å². The number of alkyl halides is 3. The molecule has 8 heteroatoms. The van der Waals surface area contributed by atoms with Gasteiger partial charge in [0.15, 0.2) is 0 Å². The lowest BCUT2D eigenvalue weighted by Gasteiger charge is -2.19. The van der Waals surface area contributed by atoms with Crippen molar-refractivity contribution in [3.63, 3.8) is 0 Å². The number of hydrogen-bond donors (Lipinski definition) is 1. The summed E-state index contributed by atoms with van der Waals surface area (Å²) >= 11 is 1.47. The summed E-state index contributed by atoms with van der Waals surface area (Å²) in [6, 6.07) is 1.84. The number of aromatic nitrogens is 2. The van der Waals surface area contributed by atoms with Crippen molar-refractivity contribution in [1.29, 1.82) is 0 Å². The van der Waals surface area contributed by atoms with E-state index in [9.17, 15) is 18.0 Å². The van der Waals surface area contributed by atoms with Gasteiger partial charge in [0, 0.05) is 35.1 Å². The van der Waals surface area contributed by atoms with Gasteiger partial charge < -0.3 is 4.90 Å². The highest BCUT2D eigenvalue weighted by Gasteiger charge is 2.26. The fraction of sp³-hybridized carbons (Fsp3) is 0.412. The van der Waals surface area contributed by atoms with Crippen LogP contribution in [0.25, 0.3) is 10.4 Å². The predicted octanol–water partition coefficient (Wildman–Crippen LogP) is 4.64. The molecule has 1 aliphatic rings. The summed E-state index contributed by atoms with van der Waals surface area (Å²) in [4.78, 5) is 15.4. The lowest BCUT2D eigenvalue weighted by Crippen LogP contribution is -2.31. The SMILES string of the molecule is O=C(c1csc(-c2cn[nH]c2)c1)N1CCC/C(=C\CC(F)(F)F)CC1. The lowest BCUT2D eigenvalue weighted by atomic mass is 10.1. The van der Waals surface area contributed by atoms with Crippen LogP contribution in [0.5, 0.6) is 0 Å². The lowest BCUT2D eigenvalue weighted by molar-refractivity contribution is -0.125. The number of rotatable bonds is 3. The molecule has 134 valence electrons. The van der Waals surface area contributed by atoms with Gasteiger partial charge in [-0.05, 0) is 25.3 Å². The van der Waals surface area contributed by atoms with Crippen LogP contribution in [0.15, 0.2) is 35.5 Å². The van der Waals surface area contributed by atoms with E-state index < -0.39 is 12.6 Å². The number of halogens is 3. The molecule has 0 aliphatic carbocycles. The maximum atomic E-state index is 12.7. The van der Waals surface area contributed by atoms with Gasteiger partial charge in [0.25, 0.3) is 5.91 Å². The topological polar surface area (TPSA) is 49.0 Å². The highest BCUT2D eigenvalue weighted by Crippen LogP contribution is 2.28. The van der Waals surface area contributed by atoms with Gasteiger partial charge in [0.2, 0.25) is 0 Å². The number of nitrogens with zero attached hydrogens (tertiary/aromatic N) is 2. The Hall–Kier alpha value is -2.09. The zero-order valence-electron chi connectivity index (χ0n) is 13.5. The van der Waals surface area contributed by atoms with Gasteiger partial charge in [0.1, 0.15) is 0 Å². The van der Waals surface area contributed by atoms with E-state index in [0.29, 0.717) is 37.9 Å². The minimum Gasteiger partial charge on any atom is -0.338 e. The summed E-state index contributed by atoms with van der Waals surface area (Å²) in [7, 11) is 0. The van der Waals surface area contributed by atoms with E-state index in [0.717, 1.165) is 16.0 Å². The number of likely N-dealkylation sites (tertiary alicyclic amines) is 1. The Morgan fingerprint density at radius 3 is 2.92 bits per heavy atom. The van der Waals surface area contributed by atoms with Crippen LogP contribution in [0.2, 0.25) is 0 Å². The molecule has 3 rings (SSSR count). The molecular formula is C17H18F3N3OS. The number of allylic oxidation sites excluding steroid dienone is 1. The first-order valence-corrected chi connectivity index (χ1v) is 8.92. The third kappa shape index (κ3) is 4.72. The number of carbonyl (C=O) groups is 1. The monoisotopic (exact) mass is 369 g/mol. The number of hydrogen-bond acceptors (Lipinski definition) is 3. The van der Waals surface area contributed by atoms with E-state index in [1.165, 1.54) is 17.4 Å². The Morgan fingerprint density at radius 1 is 1.36 bits per heavy atom. The number of nitrogens with one attached hydrogen (secondary N) is 1. The summed E-state index contributed by atoms with van der Waals surface area (Å²) in [6.45, 7) is 1.03. The third-order valence-corrected chi connectivity index (χ3v) is 5.15. The standard InChI is InChI=1S/C17H18F3N3OS/c18-17(19,20)5-3-12-2-1-6-23(7-4-12)16(24)13-8-15(25-11-13)14-9-21-22-10-14/h3,8-11H,1-2,4-7H2,(H,21,22)/b12-3+. The normalized spacial score (nSPS) is 17.7. The molecule has 1 amide bonds. The largest absolute Gasteiger partial charge is 0.392 e. The Kier molecular flexibility index (Phi) is 5.27. The second-order valence-corrected chi connectivity index (χ2v) is 6.93. The van der Waals surface area contributed by atoms with Gasteiger partial charge >= 0.3 is 6.18 Å². The Balaban J connectivity index is 1.63. The van der Waals surface area contributed by atoms with Gasteiger partial charge in [-0.2, -0.15) is 18.3 Å². The second kappa shape index (κ2) is 7.43. The van der Waals surface area contributed by atoms with Gasteiger partial charge in [-0.3, -0.25) is 9.89 Å². The maximum absolute atomic E-state index is 12.7. The highest BCUT2D eigenvalue weighted by atomic mass is 32.1. The highest BCUT2D eigenvalue weighted by molar-refractivity contribution is 7.13. The fourth-order valence-corrected chi connectivity index (χ4v) is 3.71. The van der Waals surface area contributed by atoms with Crippen molar-refractivity contribution in [2.75, 3.05) is 13.1 Å².